The first-order valence-electron chi connectivity index (χ1n) is 6.87. The lowest BCUT2D eigenvalue weighted by Crippen LogP contribution is -2.37. The Bertz CT molecular complexity index is 485. The molecular formula is C14H22ClN3O3. The average molecular weight is 316 g/mol. The summed E-state index contributed by atoms with van der Waals surface area (Å²) in [5.41, 5.74) is 6.70. The van der Waals surface area contributed by atoms with Crippen LogP contribution in [0.15, 0.2) is 18.2 Å². The van der Waals surface area contributed by atoms with Gasteiger partial charge in [0.2, 0.25) is 0 Å². The topological polar surface area (TPSA) is 81.6 Å². The van der Waals surface area contributed by atoms with Crippen LogP contribution < -0.4 is 10.5 Å². The lowest BCUT2D eigenvalue weighted by atomic mass is 9.98. The van der Waals surface area contributed by atoms with E-state index in [2.05, 4.69) is 4.90 Å². The SMILES string of the molecule is COc1ccc([N+](=O)[O-])cc1CN1CCCC(CN)C1.Cl. The Morgan fingerprint density at radius 2 is 2.29 bits per heavy atom. The van der Waals surface area contributed by atoms with Crippen molar-refractivity contribution >= 4 is 18.1 Å². The summed E-state index contributed by atoms with van der Waals surface area (Å²) in [6.07, 6.45) is 2.29. The molecule has 0 aliphatic carbocycles. The fourth-order valence-corrected chi connectivity index (χ4v) is 2.73. The van der Waals surface area contributed by atoms with Crippen LogP contribution in [0.5, 0.6) is 5.75 Å². The first-order valence-corrected chi connectivity index (χ1v) is 6.87. The number of piperidine rings is 1. The first-order chi connectivity index (χ1) is 9.63. The minimum atomic E-state index is -0.373. The van der Waals surface area contributed by atoms with E-state index in [1.807, 2.05) is 0 Å². The summed E-state index contributed by atoms with van der Waals surface area (Å²) in [6.45, 7) is 3.31. The van der Waals surface area contributed by atoms with Crippen molar-refractivity contribution in [2.24, 2.45) is 11.7 Å². The van der Waals surface area contributed by atoms with E-state index in [-0.39, 0.29) is 23.0 Å². The van der Waals surface area contributed by atoms with Crippen molar-refractivity contribution in [3.63, 3.8) is 0 Å². The predicted molar refractivity (Wildman–Crippen MR) is 84.0 cm³/mol. The highest BCUT2D eigenvalue weighted by molar-refractivity contribution is 5.85. The maximum absolute atomic E-state index is 10.9. The molecule has 0 radical (unpaired) electrons. The van der Waals surface area contributed by atoms with Crippen molar-refractivity contribution in [2.45, 2.75) is 19.4 Å². The van der Waals surface area contributed by atoms with Crippen molar-refractivity contribution in [3.05, 3.63) is 33.9 Å². The van der Waals surface area contributed by atoms with Gasteiger partial charge in [0.15, 0.2) is 0 Å². The Morgan fingerprint density at radius 3 is 2.90 bits per heavy atom. The smallest absolute Gasteiger partial charge is 0.270 e. The summed E-state index contributed by atoms with van der Waals surface area (Å²) in [7, 11) is 1.59. The molecule has 118 valence electrons. The van der Waals surface area contributed by atoms with E-state index < -0.39 is 0 Å². The Balaban J connectivity index is 0.00000220. The number of non-ortho nitro benzene ring substituents is 1. The van der Waals surface area contributed by atoms with Gasteiger partial charge >= 0.3 is 0 Å². The zero-order valence-corrected chi connectivity index (χ0v) is 13.0. The molecule has 1 heterocycles. The standard InChI is InChI=1S/C14H21N3O3.ClH/c1-20-14-5-4-13(17(18)19)7-12(14)10-16-6-2-3-11(8-15)9-16;/h4-5,7,11H,2-3,6,8-10,15H2,1H3;1H. The van der Waals surface area contributed by atoms with Crippen molar-refractivity contribution < 1.29 is 9.66 Å². The lowest BCUT2D eigenvalue weighted by molar-refractivity contribution is -0.385. The summed E-state index contributed by atoms with van der Waals surface area (Å²) in [6, 6.07) is 4.74. The molecule has 0 aromatic heterocycles. The number of hydrogen-bond acceptors (Lipinski definition) is 5. The van der Waals surface area contributed by atoms with Crippen molar-refractivity contribution in [1.29, 1.82) is 0 Å². The van der Waals surface area contributed by atoms with Crippen LogP contribution in [-0.4, -0.2) is 36.6 Å². The number of rotatable bonds is 5. The monoisotopic (exact) mass is 315 g/mol. The zero-order valence-electron chi connectivity index (χ0n) is 12.2. The molecule has 1 aliphatic rings. The molecule has 6 nitrogen and oxygen atoms in total. The first kappa shape index (κ1) is 17.7. The number of likely N-dealkylation sites (tertiary alicyclic amines) is 1. The predicted octanol–water partition coefficient (Wildman–Crippen LogP) is 2.20. The highest BCUT2D eigenvalue weighted by Crippen LogP contribution is 2.27. The number of methoxy groups -OCH3 is 1. The van der Waals surface area contributed by atoms with E-state index in [9.17, 15) is 10.1 Å². The minimum absolute atomic E-state index is 0. The number of nitrogens with two attached hydrogens (primary N) is 1. The van der Waals surface area contributed by atoms with Gasteiger partial charge in [-0.25, -0.2) is 0 Å². The van der Waals surface area contributed by atoms with Gasteiger partial charge in [0, 0.05) is 30.8 Å². The average Bonchev–Trinajstić information content (AvgIpc) is 2.47. The zero-order chi connectivity index (χ0) is 14.5. The molecule has 1 unspecified atom stereocenters. The molecule has 0 amide bonds. The lowest BCUT2D eigenvalue weighted by Gasteiger charge is -2.32. The number of halogens is 1. The molecule has 1 saturated heterocycles. The van der Waals surface area contributed by atoms with Crippen LogP contribution in [0, 0.1) is 16.0 Å². The molecule has 7 heteroatoms. The molecule has 21 heavy (non-hydrogen) atoms. The third kappa shape index (κ3) is 4.56. The van der Waals surface area contributed by atoms with Crippen molar-refractivity contribution in [2.75, 3.05) is 26.7 Å². The van der Waals surface area contributed by atoms with Gasteiger partial charge in [-0.15, -0.1) is 12.4 Å². The number of hydrogen-bond donors (Lipinski definition) is 1. The molecule has 2 N–H and O–H groups in total. The van der Waals surface area contributed by atoms with Crippen LogP contribution in [-0.2, 0) is 6.54 Å². The second-order valence-electron chi connectivity index (χ2n) is 5.23. The van der Waals surface area contributed by atoms with Gasteiger partial charge in [0.25, 0.3) is 5.69 Å². The van der Waals surface area contributed by atoms with E-state index in [4.69, 9.17) is 10.5 Å². The number of benzene rings is 1. The molecule has 1 fully saturated rings. The maximum atomic E-state index is 10.9. The minimum Gasteiger partial charge on any atom is -0.496 e. The van der Waals surface area contributed by atoms with Crippen LogP contribution in [0.3, 0.4) is 0 Å². The summed E-state index contributed by atoms with van der Waals surface area (Å²) in [4.78, 5) is 12.8. The largest absolute Gasteiger partial charge is 0.496 e. The van der Waals surface area contributed by atoms with Gasteiger partial charge in [-0.05, 0) is 37.9 Å². The van der Waals surface area contributed by atoms with E-state index >= 15 is 0 Å². The Hall–Kier alpha value is -1.37. The second kappa shape index (κ2) is 8.17. The quantitative estimate of drug-likeness (QED) is 0.665. The van der Waals surface area contributed by atoms with Crippen LogP contribution in [0.1, 0.15) is 18.4 Å². The fourth-order valence-electron chi connectivity index (χ4n) is 2.73. The van der Waals surface area contributed by atoms with Crippen molar-refractivity contribution in [3.8, 4) is 5.75 Å². The highest BCUT2D eigenvalue weighted by Gasteiger charge is 2.21. The Morgan fingerprint density at radius 1 is 1.52 bits per heavy atom. The number of nitrogens with zero attached hydrogens (tertiary/aromatic N) is 2. The third-order valence-corrected chi connectivity index (χ3v) is 3.81. The number of ether oxygens (including phenoxy) is 1. The van der Waals surface area contributed by atoms with Gasteiger partial charge < -0.3 is 10.5 Å². The second-order valence-corrected chi connectivity index (χ2v) is 5.23. The van der Waals surface area contributed by atoms with E-state index in [0.29, 0.717) is 24.8 Å². The van der Waals surface area contributed by atoms with E-state index in [1.54, 1.807) is 19.2 Å². The molecule has 0 spiro atoms. The maximum Gasteiger partial charge on any atom is 0.270 e. The molecule has 0 saturated carbocycles. The van der Waals surface area contributed by atoms with Gasteiger partial charge in [0.05, 0.1) is 12.0 Å². The van der Waals surface area contributed by atoms with Crippen LogP contribution >= 0.6 is 12.4 Å². The molecular weight excluding hydrogens is 294 g/mol. The normalized spacial score (nSPS) is 18.9. The van der Waals surface area contributed by atoms with Crippen molar-refractivity contribution in [1.82, 2.24) is 4.90 Å². The molecule has 1 aromatic carbocycles. The van der Waals surface area contributed by atoms with Crippen LogP contribution in [0.4, 0.5) is 5.69 Å². The van der Waals surface area contributed by atoms with Crippen LogP contribution in [0.25, 0.3) is 0 Å². The van der Waals surface area contributed by atoms with Gasteiger partial charge in [-0.1, -0.05) is 0 Å². The summed E-state index contributed by atoms with van der Waals surface area (Å²) >= 11 is 0. The summed E-state index contributed by atoms with van der Waals surface area (Å²) < 4.78 is 5.30. The Kier molecular flexibility index (Phi) is 6.87. The fraction of sp³-hybridized carbons (Fsp3) is 0.571. The van der Waals surface area contributed by atoms with E-state index in [0.717, 1.165) is 25.1 Å². The van der Waals surface area contributed by atoms with Gasteiger partial charge in [0.1, 0.15) is 5.75 Å². The third-order valence-electron chi connectivity index (χ3n) is 3.81. The molecule has 1 aromatic rings. The van der Waals surface area contributed by atoms with Crippen LogP contribution in [0.2, 0.25) is 0 Å². The highest BCUT2D eigenvalue weighted by atomic mass is 35.5. The molecule has 1 aliphatic heterocycles. The number of nitro groups is 1. The summed E-state index contributed by atoms with van der Waals surface area (Å²) in [5, 5.41) is 10.9. The molecule has 1 atom stereocenters. The van der Waals surface area contributed by atoms with Gasteiger partial charge in [-0.3, -0.25) is 15.0 Å². The molecule has 2 rings (SSSR count). The Labute approximate surface area is 130 Å². The van der Waals surface area contributed by atoms with E-state index in [1.165, 1.54) is 12.5 Å². The molecule has 0 bridgehead atoms. The number of nitro benzene ring substituents is 1. The van der Waals surface area contributed by atoms with Gasteiger partial charge in [-0.2, -0.15) is 0 Å². The summed E-state index contributed by atoms with van der Waals surface area (Å²) in [5.74, 6) is 1.22.